The van der Waals surface area contributed by atoms with E-state index in [1.807, 2.05) is 25.1 Å². The second-order valence-electron chi connectivity index (χ2n) is 3.48. The number of rotatable bonds is 3. The third-order valence-electron chi connectivity index (χ3n) is 2.18. The van der Waals surface area contributed by atoms with Gasteiger partial charge in [-0.25, -0.2) is 9.97 Å². The summed E-state index contributed by atoms with van der Waals surface area (Å²) in [4.78, 5) is 8.32. The zero-order valence-electron chi connectivity index (χ0n) is 9.24. The van der Waals surface area contributed by atoms with E-state index in [9.17, 15) is 0 Å². The highest BCUT2D eigenvalue weighted by molar-refractivity contribution is 6.35. The number of benzene rings is 1. The highest BCUT2D eigenvalue weighted by Gasteiger charge is 2.04. The van der Waals surface area contributed by atoms with Gasteiger partial charge in [-0.1, -0.05) is 23.2 Å². The highest BCUT2D eigenvalue weighted by atomic mass is 35.5. The fourth-order valence-electron chi connectivity index (χ4n) is 1.49. The van der Waals surface area contributed by atoms with Gasteiger partial charge in [0, 0.05) is 28.2 Å². The van der Waals surface area contributed by atoms with Gasteiger partial charge in [0.05, 0.1) is 5.69 Å². The van der Waals surface area contributed by atoms with Crippen LogP contribution < -0.4 is 5.32 Å². The number of hydrogen-bond donors (Lipinski definition) is 1. The second-order valence-corrected chi connectivity index (χ2v) is 4.35. The summed E-state index contributed by atoms with van der Waals surface area (Å²) in [5.41, 5.74) is 1.67. The van der Waals surface area contributed by atoms with E-state index in [1.165, 1.54) is 6.33 Å². The van der Waals surface area contributed by atoms with E-state index < -0.39 is 0 Å². The molecule has 2 rings (SSSR count). The van der Waals surface area contributed by atoms with E-state index >= 15 is 0 Å². The second kappa shape index (κ2) is 5.34. The maximum atomic E-state index is 5.96. The first-order chi connectivity index (χ1) is 8.19. The van der Waals surface area contributed by atoms with Crippen molar-refractivity contribution in [3.63, 3.8) is 0 Å². The van der Waals surface area contributed by atoms with Crippen molar-refractivity contribution in [1.82, 2.24) is 9.97 Å². The molecular formula is C12H11Cl2N3. The highest BCUT2D eigenvalue weighted by Crippen LogP contribution is 2.26. The summed E-state index contributed by atoms with van der Waals surface area (Å²) in [6, 6.07) is 7.21. The number of halogens is 2. The van der Waals surface area contributed by atoms with Crippen LogP contribution in [0.15, 0.2) is 30.6 Å². The Labute approximate surface area is 110 Å². The molecule has 0 radical (unpaired) electrons. The van der Waals surface area contributed by atoms with Crippen molar-refractivity contribution < 1.29 is 0 Å². The minimum Gasteiger partial charge on any atom is -0.370 e. The summed E-state index contributed by atoms with van der Waals surface area (Å²) in [5, 5.41) is 4.32. The molecule has 0 fully saturated rings. The van der Waals surface area contributed by atoms with Gasteiger partial charge in [0.15, 0.2) is 0 Å². The van der Waals surface area contributed by atoms with Gasteiger partial charge in [-0.2, -0.15) is 0 Å². The van der Waals surface area contributed by atoms with Gasteiger partial charge in [0.2, 0.25) is 0 Å². The van der Waals surface area contributed by atoms with E-state index in [0.717, 1.165) is 23.6 Å². The van der Waals surface area contributed by atoms with E-state index in [0.29, 0.717) is 10.0 Å². The van der Waals surface area contributed by atoms with Gasteiger partial charge < -0.3 is 5.32 Å². The Morgan fingerprint density at radius 2 is 1.76 bits per heavy atom. The normalized spacial score (nSPS) is 10.3. The van der Waals surface area contributed by atoms with Crippen molar-refractivity contribution in [3.05, 3.63) is 40.6 Å². The number of aromatic nitrogens is 2. The molecule has 88 valence electrons. The van der Waals surface area contributed by atoms with Crippen LogP contribution in [0.25, 0.3) is 11.3 Å². The van der Waals surface area contributed by atoms with Gasteiger partial charge in [0.25, 0.3) is 0 Å². The van der Waals surface area contributed by atoms with Gasteiger partial charge >= 0.3 is 0 Å². The van der Waals surface area contributed by atoms with Crippen LogP contribution >= 0.6 is 23.2 Å². The van der Waals surface area contributed by atoms with Crippen LogP contribution in [0.5, 0.6) is 0 Å². The summed E-state index contributed by atoms with van der Waals surface area (Å²) >= 11 is 11.9. The summed E-state index contributed by atoms with van der Waals surface area (Å²) in [5.74, 6) is 0.786. The average molecular weight is 268 g/mol. The third-order valence-corrected chi connectivity index (χ3v) is 2.62. The van der Waals surface area contributed by atoms with Crippen molar-refractivity contribution in [3.8, 4) is 11.3 Å². The maximum Gasteiger partial charge on any atom is 0.129 e. The van der Waals surface area contributed by atoms with E-state index in [1.54, 1.807) is 6.07 Å². The summed E-state index contributed by atoms with van der Waals surface area (Å²) in [6.07, 6.45) is 1.52. The molecule has 1 aromatic heterocycles. The standard InChI is InChI=1S/C12H11Cl2N3/c1-2-15-12-6-11(16-7-17-12)8-3-9(13)5-10(14)4-8/h3-7H,2H2,1H3,(H,15,16,17). The minimum atomic E-state index is 0.594. The van der Waals surface area contributed by atoms with Crippen molar-refractivity contribution >= 4 is 29.0 Å². The molecule has 5 heteroatoms. The van der Waals surface area contributed by atoms with Gasteiger partial charge in [-0.3, -0.25) is 0 Å². The molecule has 1 N–H and O–H groups in total. The van der Waals surface area contributed by atoms with Crippen molar-refractivity contribution in [2.45, 2.75) is 6.92 Å². The monoisotopic (exact) mass is 267 g/mol. The molecule has 17 heavy (non-hydrogen) atoms. The Balaban J connectivity index is 2.41. The smallest absolute Gasteiger partial charge is 0.129 e. The van der Waals surface area contributed by atoms with Crippen molar-refractivity contribution in [2.75, 3.05) is 11.9 Å². The fraction of sp³-hybridized carbons (Fsp3) is 0.167. The summed E-state index contributed by atoms with van der Waals surface area (Å²) in [6.45, 7) is 2.82. The first-order valence-corrected chi connectivity index (χ1v) is 5.97. The Morgan fingerprint density at radius 1 is 1.06 bits per heavy atom. The lowest BCUT2D eigenvalue weighted by Gasteiger charge is -2.05. The Bertz CT molecular complexity index is 509. The predicted molar refractivity (Wildman–Crippen MR) is 71.7 cm³/mol. The lowest BCUT2D eigenvalue weighted by molar-refractivity contribution is 1.11. The molecule has 0 aliphatic carbocycles. The summed E-state index contributed by atoms with van der Waals surface area (Å²) in [7, 11) is 0. The number of nitrogens with zero attached hydrogens (tertiary/aromatic N) is 2. The predicted octanol–water partition coefficient (Wildman–Crippen LogP) is 3.88. The molecule has 2 aromatic rings. The van der Waals surface area contributed by atoms with Crippen LogP contribution in [-0.2, 0) is 0 Å². The molecule has 0 bridgehead atoms. The molecule has 0 atom stereocenters. The Kier molecular flexibility index (Phi) is 3.82. The molecule has 0 unspecified atom stereocenters. The molecule has 0 amide bonds. The lowest BCUT2D eigenvalue weighted by Crippen LogP contribution is -1.99. The maximum absolute atomic E-state index is 5.96. The molecular weight excluding hydrogens is 257 g/mol. The van der Waals surface area contributed by atoms with Crippen LogP contribution in [0.2, 0.25) is 10.0 Å². The van der Waals surface area contributed by atoms with Gasteiger partial charge in [-0.15, -0.1) is 0 Å². The molecule has 1 aromatic carbocycles. The van der Waals surface area contributed by atoms with Crippen LogP contribution in [0.1, 0.15) is 6.92 Å². The topological polar surface area (TPSA) is 37.8 Å². The third kappa shape index (κ3) is 3.08. The molecule has 1 heterocycles. The number of hydrogen-bond acceptors (Lipinski definition) is 3. The van der Waals surface area contributed by atoms with Crippen LogP contribution in [0.3, 0.4) is 0 Å². The molecule has 0 aliphatic rings. The Hall–Kier alpha value is -1.32. The number of anilines is 1. The van der Waals surface area contributed by atoms with Crippen LogP contribution in [0, 0.1) is 0 Å². The van der Waals surface area contributed by atoms with Crippen molar-refractivity contribution in [1.29, 1.82) is 0 Å². The minimum absolute atomic E-state index is 0.594. The molecule has 0 aliphatic heterocycles. The zero-order valence-corrected chi connectivity index (χ0v) is 10.8. The van der Waals surface area contributed by atoms with Crippen LogP contribution in [-0.4, -0.2) is 16.5 Å². The summed E-state index contributed by atoms with van der Waals surface area (Å²) < 4.78 is 0. The molecule has 0 saturated carbocycles. The molecule has 0 saturated heterocycles. The van der Waals surface area contributed by atoms with E-state index in [4.69, 9.17) is 23.2 Å². The first kappa shape index (κ1) is 12.1. The molecule has 3 nitrogen and oxygen atoms in total. The lowest BCUT2D eigenvalue weighted by atomic mass is 10.1. The van der Waals surface area contributed by atoms with Crippen molar-refractivity contribution in [2.24, 2.45) is 0 Å². The van der Waals surface area contributed by atoms with Gasteiger partial charge in [-0.05, 0) is 25.1 Å². The molecule has 0 spiro atoms. The number of nitrogens with one attached hydrogen (secondary N) is 1. The fourth-order valence-corrected chi connectivity index (χ4v) is 2.02. The van der Waals surface area contributed by atoms with Gasteiger partial charge in [0.1, 0.15) is 12.1 Å². The first-order valence-electron chi connectivity index (χ1n) is 5.21. The Morgan fingerprint density at radius 3 is 2.41 bits per heavy atom. The SMILES string of the molecule is CCNc1cc(-c2cc(Cl)cc(Cl)c2)ncn1. The zero-order chi connectivity index (χ0) is 12.3. The van der Waals surface area contributed by atoms with E-state index in [2.05, 4.69) is 15.3 Å². The average Bonchev–Trinajstić information content (AvgIpc) is 2.28. The van der Waals surface area contributed by atoms with Crippen LogP contribution in [0.4, 0.5) is 5.82 Å². The van der Waals surface area contributed by atoms with E-state index in [-0.39, 0.29) is 0 Å². The largest absolute Gasteiger partial charge is 0.370 e. The quantitative estimate of drug-likeness (QED) is 0.917.